The number of aliphatic carboxylic acids is 1. The van der Waals surface area contributed by atoms with Crippen molar-refractivity contribution in [3.05, 3.63) is 70.7 Å². The molecule has 1 aromatic heterocycles. The monoisotopic (exact) mass is 439 g/mol. The zero-order chi connectivity index (χ0) is 21.8. The number of fused-ring (bicyclic) bond motifs is 1. The molecule has 3 aromatic rings. The van der Waals surface area contributed by atoms with Gasteiger partial charge in [0.1, 0.15) is 0 Å². The third kappa shape index (κ3) is 5.03. The van der Waals surface area contributed by atoms with Crippen molar-refractivity contribution >= 4 is 35.4 Å². The van der Waals surface area contributed by atoms with Crippen molar-refractivity contribution in [2.45, 2.75) is 37.8 Å². The Morgan fingerprint density at radius 3 is 2.55 bits per heavy atom. The van der Waals surface area contributed by atoms with Gasteiger partial charge in [0.25, 0.3) is 5.95 Å². The first-order valence-corrected chi connectivity index (χ1v) is 10.4. The van der Waals surface area contributed by atoms with Gasteiger partial charge in [-0.1, -0.05) is 54.1 Å². The number of amides is 1. The molecule has 4 rings (SSSR count). The van der Waals surface area contributed by atoms with Crippen molar-refractivity contribution in [3.8, 4) is 0 Å². The molecule has 0 unspecified atom stereocenters. The standard InChI is InChI=1S/C22H22ClN5O3/c23-16-11-9-14(10-12-16)17-13-18(15-5-2-1-3-6-15)28-22(24-17)26-21(27-28)25-19(29)7-4-8-20(30)31/h1-3,5-6,9-12,17-18H,4,7-8,13H2,(H,30,31)(H2,24,25,26,27,29)/t17-,18+/m1/s1. The van der Waals surface area contributed by atoms with Crippen LogP contribution in [0.1, 0.15) is 48.9 Å². The van der Waals surface area contributed by atoms with Gasteiger partial charge in [0.05, 0.1) is 12.1 Å². The number of hydrogen-bond donors (Lipinski definition) is 3. The molecule has 9 heteroatoms. The maximum absolute atomic E-state index is 12.1. The summed E-state index contributed by atoms with van der Waals surface area (Å²) in [6.07, 6.45) is 1.05. The van der Waals surface area contributed by atoms with E-state index >= 15 is 0 Å². The maximum Gasteiger partial charge on any atom is 0.303 e. The Morgan fingerprint density at radius 1 is 1.10 bits per heavy atom. The van der Waals surface area contributed by atoms with Crippen molar-refractivity contribution in [3.63, 3.8) is 0 Å². The lowest BCUT2D eigenvalue weighted by atomic mass is 9.93. The summed E-state index contributed by atoms with van der Waals surface area (Å²) in [5, 5.41) is 20.0. The number of benzene rings is 2. The van der Waals surface area contributed by atoms with Crippen molar-refractivity contribution in [1.29, 1.82) is 0 Å². The minimum atomic E-state index is -0.925. The molecule has 1 aliphatic rings. The van der Waals surface area contributed by atoms with Crippen LogP contribution >= 0.6 is 11.6 Å². The van der Waals surface area contributed by atoms with Crippen LogP contribution in [0.4, 0.5) is 11.9 Å². The predicted molar refractivity (Wildman–Crippen MR) is 117 cm³/mol. The van der Waals surface area contributed by atoms with Crippen molar-refractivity contribution in [2.24, 2.45) is 0 Å². The van der Waals surface area contributed by atoms with Crippen LogP contribution in [0, 0.1) is 0 Å². The Hall–Kier alpha value is -3.39. The molecule has 160 valence electrons. The fourth-order valence-electron chi connectivity index (χ4n) is 3.68. The van der Waals surface area contributed by atoms with E-state index in [1.807, 2.05) is 54.6 Å². The fraction of sp³-hybridized carbons (Fsp3) is 0.273. The average molecular weight is 440 g/mol. The number of nitrogens with one attached hydrogen (secondary N) is 2. The Kier molecular flexibility index (Phi) is 6.18. The van der Waals surface area contributed by atoms with Crippen LogP contribution in [0.15, 0.2) is 54.6 Å². The van der Waals surface area contributed by atoms with Crippen LogP contribution < -0.4 is 10.6 Å². The molecule has 8 nitrogen and oxygen atoms in total. The van der Waals surface area contributed by atoms with Crippen LogP contribution in [-0.4, -0.2) is 31.7 Å². The van der Waals surface area contributed by atoms with Gasteiger partial charge in [0.15, 0.2) is 0 Å². The van der Waals surface area contributed by atoms with Gasteiger partial charge in [-0.05, 0) is 36.1 Å². The molecule has 0 saturated heterocycles. The second-order valence-corrected chi connectivity index (χ2v) is 7.85. The van der Waals surface area contributed by atoms with Gasteiger partial charge in [-0.15, -0.1) is 5.10 Å². The molecule has 3 N–H and O–H groups in total. The van der Waals surface area contributed by atoms with E-state index in [4.69, 9.17) is 16.7 Å². The van der Waals surface area contributed by atoms with Crippen LogP contribution in [0.25, 0.3) is 0 Å². The van der Waals surface area contributed by atoms with Crippen LogP contribution in [0.3, 0.4) is 0 Å². The largest absolute Gasteiger partial charge is 0.481 e. The summed E-state index contributed by atoms with van der Waals surface area (Å²) in [5.41, 5.74) is 2.17. The summed E-state index contributed by atoms with van der Waals surface area (Å²) in [5.74, 6) is -0.484. The first-order chi connectivity index (χ1) is 15.0. The second-order valence-electron chi connectivity index (χ2n) is 7.41. The number of carboxylic acid groups (broad SMARTS) is 1. The summed E-state index contributed by atoms with van der Waals surface area (Å²) in [6, 6.07) is 17.6. The van der Waals surface area contributed by atoms with E-state index in [2.05, 4.69) is 20.7 Å². The zero-order valence-electron chi connectivity index (χ0n) is 16.7. The summed E-state index contributed by atoms with van der Waals surface area (Å²) in [6.45, 7) is 0. The highest BCUT2D eigenvalue weighted by molar-refractivity contribution is 6.30. The molecule has 2 heterocycles. The van der Waals surface area contributed by atoms with Crippen molar-refractivity contribution in [2.75, 3.05) is 10.6 Å². The third-order valence-corrected chi connectivity index (χ3v) is 5.44. The summed E-state index contributed by atoms with van der Waals surface area (Å²) in [7, 11) is 0. The molecule has 31 heavy (non-hydrogen) atoms. The minimum absolute atomic E-state index is 0.00158. The highest BCUT2D eigenvalue weighted by Gasteiger charge is 2.31. The van der Waals surface area contributed by atoms with Crippen LogP contribution in [0.5, 0.6) is 0 Å². The van der Waals surface area contributed by atoms with E-state index in [0.29, 0.717) is 11.0 Å². The number of hydrogen-bond acceptors (Lipinski definition) is 5. The molecule has 0 spiro atoms. The molecule has 1 amide bonds. The van der Waals surface area contributed by atoms with E-state index in [9.17, 15) is 9.59 Å². The molecular weight excluding hydrogens is 418 g/mol. The highest BCUT2D eigenvalue weighted by atomic mass is 35.5. The molecule has 2 atom stereocenters. The number of nitrogens with zero attached hydrogens (tertiary/aromatic N) is 3. The fourth-order valence-corrected chi connectivity index (χ4v) is 3.81. The molecule has 0 bridgehead atoms. The third-order valence-electron chi connectivity index (χ3n) is 5.19. The second kappa shape index (κ2) is 9.18. The molecule has 0 radical (unpaired) electrons. The van der Waals surface area contributed by atoms with Gasteiger partial charge >= 0.3 is 5.97 Å². The smallest absolute Gasteiger partial charge is 0.303 e. The molecule has 1 aliphatic heterocycles. The quantitative estimate of drug-likeness (QED) is 0.507. The zero-order valence-corrected chi connectivity index (χ0v) is 17.4. The van der Waals surface area contributed by atoms with Gasteiger partial charge in [0, 0.05) is 17.9 Å². The molecule has 0 fully saturated rings. The number of carbonyl (C=O) groups is 2. The maximum atomic E-state index is 12.1. The van der Waals surface area contributed by atoms with Crippen LogP contribution in [-0.2, 0) is 9.59 Å². The number of halogens is 1. The topological polar surface area (TPSA) is 109 Å². The summed E-state index contributed by atoms with van der Waals surface area (Å²) in [4.78, 5) is 27.3. The van der Waals surface area contributed by atoms with E-state index in [-0.39, 0.29) is 43.2 Å². The first kappa shape index (κ1) is 20.9. The molecule has 2 aromatic carbocycles. The summed E-state index contributed by atoms with van der Waals surface area (Å²) >= 11 is 6.04. The Morgan fingerprint density at radius 2 is 1.84 bits per heavy atom. The lowest BCUT2D eigenvalue weighted by molar-refractivity contribution is -0.137. The van der Waals surface area contributed by atoms with Crippen molar-refractivity contribution in [1.82, 2.24) is 14.8 Å². The number of carboxylic acids is 1. The van der Waals surface area contributed by atoms with Gasteiger partial charge in [-0.25, -0.2) is 4.68 Å². The highest BCUT2D eigenvalue weighted by Crippen LogP contribution is 2.38. The lowest BCUT2D eigenvalue weighted by Gasteiger charge is -2.31. The number of aromatic nitrogens is 3. The van der Waals surface area contributed by atoms with Crippen LogP contribution in [0.2, 0.25) is 5.02 Å². The predicted octanol–water partition coefficient (Wildman–Crippen LogP) is 4.27. The van der Waals surface area contributed by atoms with E-state index in [1.54, 1.807) is 4.68 Å². The number of anilines is 2. The Balaban J connectivity index is 1.58. The average Bonchev–Trinajstić information content (AvgIpc) is 3.16. The first-order valence-electron chi connectivity index (χ1n) is 10.0. The number of carbonyl (C=O) groups excluding carboxylic acids is 1. The van der Waals surface area contributed by atoms with Gasteiger partial charge < -0.3 is 10.4 Å². The van der Waals surface area contributed by atoms with E-state index < -0.39 is 5.97 Å². The molecule has 0 aliphatic carbocycles. The van der Waals surface area contributed by atoms with E-state index in [0.717, 1.165) is 17.5 Å². The molecule has 0 saturated carbocycles. The van der Waals surface area contributed by atoms with Gasteiger partial charge in [-0.2, -0.15) is 4.98 Å². The Labute approximate surface area is 184 Å². The lowest BCUT2D eigenvalue weighted by Crippen LogP contribution is -2.28. The van der Waals surface area contributed by atoms with Gasteiger partial charge in [0.2, 0.25) is 11.9 Å². The van der Waals surface area contributed by atoms with E-state index in [1.165, 1.54) is 0 Å². The van der Waals surface area contributed by atoms with Gasteiger partial charge in [-0.3, -0.25) is 14.9 Å². The van der Waals surface area contributed by atoms with Crippen molar-refractivity contribution < 1.29 is 14.7 Å². The molecular formula is C22H22ClN5O3. The summed E-state index contributed by atoms with van der Waals surface area (Å²) < 4.78 is 1.79. The normalized spacial score (nSPS) is 17.5. The number of rotatable bonds is 7. The SMILES string of the molecule is O=C(O)CCCC(=O)Nc1nc2n(n1)[C@H](c1ccccc1)C[C@H](c1ccc(Cl)cc1)N2. The minimum Gasteiger partial charge on any atom is -0.481 e. The Bertz CT molecular complexity index is 1070.